The van der Waals surface area contributed by atoms with Crippen LogP contribution in [0, 0.1) is 5.82 Å². The molecule has 6 nitrogen and oxygen atoms in total. The van der Waals surface area contributed by atoms with E-state index in [1.54, 1.807) is 23.1 Å². The molecule has 1 saturated heterocycles. The number of likely N-dealkylation sites (tertiary alicyclic amines) is 1. The van der Waals surface area contributed by atoms with Crippen molar-refractivity contribution >= 4 is 11.7 Å². The van der Waals surface area contributed by atoms with Gasteiger partial charge in [0.25, 0.3) is 0 Å². The van der Waals surface area contributed by atoms with Crippen LogP contribution in [0.4, 0.5) is 14.9 Å². The number of halogens is 1. The summed E-state index contributed by atoms with van der Waals surface area (Å²) in [7, 11) is 4.55. The highest BCUT2D eigenvalue weighted by atomic mass is 19.1. The molecule has 1 fully saturated rings. The number of carbonyl (C=O) groups excluding carboxylic acids is 1. The number of ether oxygens (including phenoxy) is 3. The highest BCUT2D eigenvalue weighted by Gasteiger charge is 2.30. The lowest BCUT2D eigenvalue weighted by atomic mass is 10.0. The van der Waals surface area contributed by atoms with Gasteiger partial charge in [0, 0.05) is 18.7 Å². The molecule has 1 aliphatic heterocycles. The second-order valence-electron chi connectivity index (χ2n) is 6.25. The Bertz CT molecular complexity index is 802. The Balaban J connectivity index is 1.82. The first-order valence-electron chi connectivity index (χ1n) is 8.70. The SMILES string of the molecule is COc1cc(NC(=O)N2CCCC2c2cccc(F)c2)cc(OC)c1OC. The van der Waals surface area contributed by atoms with Gasteiger partial charge < -0.3 is 24.4 Å². The Hall–Kier alpha value is -2.96. The van der Waals surface area contributed by atoms with E-state index < -0.39 is 0 Å². The number of rotatable bonds is 5. The minimum atomic E-state index is -0.301. The van der Waals surface area contributed by atoms with E-state index in [0.717, 1.165) is 18.4 Å². The van der Waals surface area contributed by atoms with Crippen molar-refractivity contribution in [2.45, 2.75) is 18.9 Å². The molecule has 27 heavy (non-hydrogen) atoms. The van der Waals surface area contributed by atoms with Crippen molar-refractivity contribution < 1.29 is 23.4 Å². The number of benzene rings is 2. The van der Waals surface area contributed by atoms with E-state index in [-0.39, 0.29) is 17.9 Å². The summed E-state index contributed by atoms with van der Waals surface area (Å²) in [4.78, 5) is 14.6. The van der Waals surface area contributed by atoms with Crippen molar-refractivity contribution in [2.24, 2.45) is 0 Å². The van der Waals surface area contributed by atoms with Crippen LogP contribution in [0.5, 0.6) is 17.2 Å². The Morgan fingerprint density at radius 3 is 2.41 bits per heavy atom. The van der Waals surface area contributed by atoms with E-state index in [0.29, 0.717) is 29.5 Å². The quantitative estimate of drug-likeness (QED) is 0.851. The van der Waals surface area contributed by atoms with Crippen LogP contribution in [0.25, 0.3) is 0 Å². The zero-order chi connectivity index (χ0) is 19.4. The number of anilines is 1. The van der Waals surface area contributed by atoms with Crippen LogP contribution < -0.4 is 19.5 Å². The number of hydrogen-bond acceptors (Lipinski definition) is 4. The molecule has 0 spiro atoms. The predicted molar refractivity (Wildman–Crippen MR) is 100 cm³/mol. The lowest BCUT2D eigenvalue weighted by molar-refractivity contribution is 0.207. The Labute approximate surface area is 157 Å². The van der Waals surface area contributed by atoms with Crippen LogP contribution >= 0.6 is 0 Å². The lowest BCUT2D eigenvalue weighted by Gasteiger charge is -2.25. The fraction of sp³-hybridized carbons (Fsp3) is 0.350. The van der Waals surface area contributed by atoms with E-state index >= 15 is 0 Å². The standard InChI is InChI=1S/C20H23FN2O4/c1-25-17-11-15(12-18(26-2)19(17)27-3)22-20(24)23-9-5-8-16(23)13-6-4-7-14(21)10-13/h4,6-7,10-12,16H,5,8-9H2,1-3H3,(H,22,24). The highest BCUT2D eigenvalue weighted by Crippen LogP contribution is 2.40. The number of methoxy groups -OCH3 is 3. The molecule has 1 aliphatic rings. The summed E-state index contributed by atoms with van der Waals surface area (Å²) in [6.07, 6.45) is 1.66. The van der Waals surface area contributed by atoms with Gasteiger partial charge in [0.05, 0.1) is 33.1 Å². The fourth-order valence-corrected chi connectivity index (χ4v) is 3.42. The van der Waals surface area contributed by atoms with Gasteiger partial charge in [-0.1, -0.05) is 12.1 Å². The summed E-state index contributed by atoms with van der Waals surface area (Å²) in [5.74, 6) is 1.06. The third-order valence-corrected chi connectivity index (χ3v) is 4.66. The van der Waals surface area contributed by atoms with Crippen LogP contribution in [-0.2, 0) is 0 Å². The van der Waals surface area contributed by atoms with E-state index in [1.807, 2.05) is 6.07 Å². The van der Waals surface area contributed by atoms with Crippen molar-refractivity contribution in [3.63, 3.8) is 0 Å². The number of carbonyl (C=O) groups is 1. The Morgan fingerprint density at radius 1 is 1.11 bits per heavy atom. The summed E-state index contributed by atoms with van der Waals surface area (Å²) in [5, 5.41) is 2.88. The summed E-state index contributed by atoms with van der Waals surface area (Å²) >= 11 is 0. The number of nitrogens with zero attached hydrogens (tertiary/aromatic N) is 1. The summed E-state index contributed by atoms with van der Waals surface area (Å²) in [6, 6.07) is 9.34. The third-order valence-electron chi connectivity index (χ3n) is 4.66. The van der Waals surface area contributed by atoms with Gasteiger partial charge in [-0.05, 0) is 30.5 Å². The molecule has 0 aromatic heterocycles. The van der Waals surface area contributed by atoms with Gasteiger partial charge in [-0.2, -0.15) is 0 Å². The first-order chi connectivity index (χ1) is 13.1. The van der Waals surface area contributed by atoms with Gasteiger partial charge in [0.15, 0.2) is 11.5 Å². The molecule has 2 amide bonds. The van der Waals surface area contributed by atoms with Crippen molar-refractivity contribution in [3.8, 4) is 17.2 Å². The zero-order valence-electron chi connectivity index (χ0n) is 15.6. The Kier molecular flexibility index (Phi) is 5.69. The highest BCUT2D eigenvalue weighted by molar-refractivity contribution is 5.90. The average molecular weight is 374 g/mol. The molecule has 0 saturated carbocycles. The van der Waals surface area contributed by atoms with Crippen molar-refractivity contribution in [1.29, 1.82) is 0 Å². The molecule has 1 N–H and O–H groups in total. The predicted octanol–water partition coefficient (Wildman–Crippen LogP) is 4.22. The van der Waals surface area contributed by atoms with Crippen LogP contribution in [0.3, 0.4) is 0 Å². The molecule has 2 aromatic rings. The zero-order valence-corrected chi connectivity index (χ0v) is 15.6. The maximum atomic E-state index is 13.6. The largest absolute Gasteiger partial charge is 0.493 e. The molecule has 3 rings (SSSR count). The first-order valence-corrected chi connectivity index (χ1v) is 8.70. The summed E-state index contributed by atoms with van der Waals surface area (Å²) in [5.41, 5.74) is 1.33. The maximum absolute atomic E-state index is 13.6. The number of nitrogens with one attached hydrogen (secondary N) is 1. The minimum absolute atomic E-state index is 0.150. The number of urea groups is 1. The Morgan fingerprint density at radius 2 is 1.81 bits per heavy atom. The molecule has 1 heterocycles. The third kappa shape index (κ3) is 3.92. The molecule has 1 atom stereocenters. The molecule has 2 aromatic carbocycles. The first kappa shape index (κ1) is 18.8. The van der Waals surface area contributed by atoms with Gasteiger partial charge in [0.2, 0.25) is 5.75 Å². The van der Waals surface area contributed by atoms with Gasteiger partial charge in [-0.25, -0.2) is 9.18 Å². The molecule has 144 valence electrons. The van der Waals surface area contributed by atoms with Crippen LogP contribution in [-0.4, -0.2) is 38.8 Å². The summed E-state index contributed by atoms with van der Waals surface area (Å²) < 4.78 is 29.5. The monoisotopic (exact) mass is 374 g/mol. The second kappa shape index (κ2) is 8.16. The van der Waals surface area contributed by atoms with E-state index in [2.05, 4.69) is 5.32 Å². The number of hydrogen-bond donors (Lipinski definition) is 1. The van der Waals surface area contributed by atoms with Crippen LogP contribution in [0.1, 0.15) is 24.4 Å². The molecule has 7 heteroatoms. The van der Waals surface area contributed by atoms with Gasteiger partial charge in [-0.15, -0.1) is 0 Å². The van der Waals surface area contributed by atoms with Crippen LogP contribution in [0.15, 0.2) is 36.4 Å². The molecule has 0 aliphatic carbocycles. The van der Waals surface area contributed by atoms with E-state index in [4.69, 9.17) is 14.2 Å². The van der Waals surface area contributed by atoms with E-state index in [9.17, 15) is 9.18 Å². The molecule has 0 bridgehead atoms. The van der Waals surface area contributed by atoms with Crippen molar-refractivity contribution in [2.75, 3.05) is 33.2 Å². The van der Waals surface area contributed by atoms with Crippen LogP contribution in [0.2, 0.25) is 0 Å². The maximum Gasteiger partial charge on any atom is 0.322 e. The van der Waals surface area contributed by atoms with Gasteiger partial charge >= 0.3 is 6.03 Å². The second-order valence-corrected chi connectivity index (χ2v) is 6.25. The van der Waals surface area contributed by atoms with Gasteiger partial charge in [-0.3, -0.25) is 0 Å². The summed E-state index contributed by atoms with van der Waals surface area (Å²) in [6.45, 7) is 0.609. The average Bonchev–Trinajstić information content (AvgIpc) is 3.17. The molecule has 0 radical (unpaired) electrons. The van der Waals surface area contributed by atoms with E-state index in [1.165, 1.54) is 33.5 Å². The normalized spacial score (nSPS) is 16.1. The molecular weight excluding hydrogens is 351 g/mol. The smallest absolute Gasteiger partial charge is 0.322 e. The molecular formula is C20H23FN2O4. The lowest BCUT2D eigenvalue weighted by Crippen LogP contribution is -2.34. The van der Waals surface area contributed by atoms with Crippen molar-refractivity contribution in [3.05, 3.63) is 47.8 Å². The van der Waals surface area contributed by atoms with Crippen molar-refractivity contribution in [1.82, 2.24) is 4.90 Å². The topological polar surface area (TPSA) is 60.0 Å². The van der Waals surface area contributed by atoms with Gasteiger partial charge in [0.1, 0.15) is 5.82 Å². The number of amides is 2. The fourth-order valence-electron chi connectivity index (χ4n) is 3.42. The minimum Gasteiger partial charge on any atom is -0.493 e. The molecule has 1 unspecified atom stereocenters.